The largest absolute Gasteiger partial charge is 0.497 e. The second-order valence-electron chi connectivity index (χ2n) is 7.04. The molecule has 7 nitrogen and oxygen atoms in total. The molecule has 0 aromatic heterocycles. The van der Waals surface area contributed by atoms with Crippen LogP contribution in [0.1, 0.15) is 11.1 Å². The number of anilines is 1. The zero-order valence-electron chi connectivity index (χ0n) is 17.0. The van der Waals surface area contributed by atoms with Crippen LogP contribution in [0, 0.1) is 0 Å². The van der Waals surface area contributed by atoms with Crippen molar-refractivity contribution in [1.29, 1.82) is 0 Å². The average Bonchev–Trinajstić information content (AvgIpc) is 3.01. The Morgan fingerprint density at radius 1 is 0.938 bits per heavy atom. The van der Waals surface area contributed by atoms with Crippen molar-refractivity contribution >= 4 is 44.8 Å². The Balaban J connectivity index is 1.98. The summed E-state index contributed by atoms with van der Waals surface area (Å²) in [6.45, 7) is 0. The highest BCUT2D eigenvalue weighted by Crippen LogP contribution is 2.48. The number of hydrogen-bond donors (Lipinski definition) is 1. The van der Waals surface area contributed by atoms with Gasteiger partial charge in [0.15, 0.2) is 5.54 Å². The summed E-state index contributed by atoms with van der Waals surface area (Å²) in [7, 11) is -1.67. The number of benzene rings is 3. The fraction of sp³-hybridized carbons (Fsp3) is 0.136. The first-order chi connectivity index (χ1) is 15.2. The number of hydrogen-bond acceptors (Lipinski definition) is 6. The Hall–Kier alpha value is -2.78. The van der Waals surface area contributed by atoms with Crippen molar-refractivity contribution in [3.8, 4) is 11.5 Å². The number of sulfonamides is 1. The molecule has 3 aromatic carbocycles. The van der Waals surface area contributed by atoms with Gasteiger partial charge in [0.05, 0.1) is 19.9 Å². The highest BCUT2D eigenvalue weighted by atomic mass is 35.5. The molecule has 166 valence electrons. The Labute approximate surface area is 195 Å². The van der Waals surface area contributed by atoms with Gasteiger partial charge in [0.1, 0.15) is 16.4 Å². The summed E-state index contributed by atoms with van der Waals surface area (Å²) in [5, 5.41) is 0.509. The van der Waals surface area contributed by atoms with Gasteiger partial charge in [-0.25, -0.2) is 12.7 Å². The predicted octanol–water partition coefficient (Wildman–Crippen LogP) is 3.95. The van der Waals surface area contributed by atoms with Crippen molar-refractivity contribution in [1.82, 2.24) is 0 Å². The molecule has 1 atom stereocenters. The average molecular weight is 493 g/mol. The van der Waals surface area contributed by atoms with Crippen LogP contribution in [-0.2, 0) is 20.4 Å². The molecule has 0 aliphatic carbocycles. The fourth-order valence-electron chi connectivity index (χ4n) is 3.75. The number of amides is 1. The molecule has 2 N–H and O–H groups in total. The number of carbonyl (C=O) groups excluding carboxylic acids is 1. The van der Waals surface area contributed by atoms with Gasteiger partial charge in [0.25, 0.3) is 15.9 Å². The molecule has 0 bridgehead atoms. The SMILES string of the molecule is COc1ccc(S(=O)(=O)N2C(=O)C(N)(c3ccccc3Cl)c3cc(Cl)ccc32)c(OC)c1. The van der Waals surface area contributed by atoms with Gasteiger partial charge in [0, 0.05) is 27.2 Å². The van der Waals surface area contributed by atoms with Crippen molar-refractivity contribution in [3.05, 3.63) is 81.8 Å². The minimum absolute atomic E-state index is 0.0138. The van der Waals surface area contributed by atoms with Gasteiger partial charge in [-0.2, -0.15) is 0 Å². The second-order valence-corrected chi connectivity index (χ2v) is 9.64. The molecule has 1 aliphatic rings. The van der Waals surface area contributed by atoms with Crippen LogP contribution in [-0.4, -0.2) is 28.5 Å². The Kier molecular flexibility index (Phi) is 5.58. The van der Waals surface area contributed by atoms with Gasteiger partial charge < -0.3 is 15.2 Å². The van der Waals surface area contributed by atoms with Crippen molar-refractivity contribution < 1.29 is 22.7 Å². The number of ether oxygens (including phenoxy) is 2. The van der Waals surface area contributed by atoms with Crippen LogP contribution < -0.4 is 19.5 Å². The first-order valence-electron chi connectivity index (χ1n) is 9.32. The minimum Gasteiger partial charge on any atom is -0.497 e. The first-order valence-corrected chi connectivity index (χ1v) is 11.5. The molecule has 1 amide bonds. The summed E-state index contributed by atoms with van der Waals surface area (Å²) in [5.74, 6) is -0.481. The van der Waals surface area contributed by atoms with E-state index in [4.69, 9.17) is 38.4 Å². The molecule has 0 spiro atoms. The van der Waals surface area contributed by atoms with E-state index in [1.54, 1.807) is 24.3 Å². The zero-order chi connectivity index (χ0) is 23.3. The van der Waals surface area contributed by atoms with E-state index in [0.717, 1.165) is 0 Å². The lowest BCUT2D eigenvalue weighted by Gasteiger charge is -2.26. The molecule has 0 fully saturated rings. The number of rotatable bonds is 5. The molecular formula is C22H18Cl2N2O5S. The molecular weight excluding hydrogens is 475 g/mol. The van der Waals surface area contributed by atoms with Crippen molar-refractivity contribution in [2.45, 2.75) is 10.4 Å². The Bertz CT molecular complexity index is 1350. The van der Waals surface area contributed by atoms with Crippen LogP contribution in [0.25, 0.3) is 0 Å². The molecule has 1 aliphatic heterocycles. The topological polar surface area (TPSA) is 98.9 Å². The van der Waals surface area contributed by atoms with E-state index in [2.05, 4.69) is 0 Å². The lowest BCUT2D eigenvalue weighted by Crippen LogP contribution is -2.49. The summed E-state index contributed by atoms with van der Waals surface area (Å²) in [5.41, 5.74) is 5.33. The van der Waals surface area contributed by atoms with Crippen LogP contribution >= 0.6 is 23.2 Å². The van der Waals surface area contributed by atoms with Crippen LogP contribution in [0.2, 0.25) is 10.0 Å². The normalized spacial score (nSPS) is 17.9. The number of nitrogens with two attached hydrogens (primary N) is 1. The summed E-state index contributed by atoms with van der Waals surface area (Å²) in [4.78, 5) is 13.5. The number of carbonyl (C=O) groups is 1. The van der Waals surface area contributed by atoms with E-state index >= 15 is 0 Å². The number of fused-ring (bicyclic) bond motifs is 1. The monoisotopic (exact) mass is 492 g/mol. The molecule has 32 heavy (non-hydrogen) atoms. The van der Waals surface area contributed by atoms with E-state index in [1.165, 1.54) is 50.6 Å². The molecule has 10 heteroatoms. The van der Waals surface area contributed by atoms with Crippen LogP contribution in [0.3, 0.4) is 0 Å². The number of methoxy groups -OCH3 is 2. The number of nitrogens with zero attached hydrogens (tertiary/aromatic N) is 1. The molecule has 4 rings (SSSR count). The van der Waals surface area contributed by atoms with E-state index in [9.17, 15) is 13.2 Å². The minimum atomic E-state index is -4.44. The lowest BCUT2D eigenvalue weighted by atomic mass is 9.85. The maximum atomic E-state index is 13.7. The third-order valence-electron chi connectivity index (χ3n) is 5.31. The summed E-state index contributed by atoms with van der Waals surface area (Å²) >= 11 is 12.5. The molecule has 1 unspecified atom stereocenters. The smallest absolute Gasteiger partial charge is 0.274 e. The van der Waals surface area contributed by atoms with Crippen LogP contribution in [0.5, 0.6) is 11.5 Å². The van der Waals surface area contributed by atoms with E-state index < -0.39 is 21.5 Å². The van der Waals surface area contributed by atoms with Gasteiger partial charge in [-0.3, -0.25) is 4.79 Å². The summed E-state index contributed by atoms with van der Waals surface area (Å²) < 4.78 is 38.6. The van der Waals surface area contributed by atoms with Gasteiger partial charge in [-0.1, -0.05) is 41.4 Å². The Morgan fingerprint density at radius 3 is 2.31 bits per heavy atom. The molecule has 0 saturated heterocycles. The fourth-order valence-corrected chi connectivity index (χ4v) is 5.82. The van der Waals surface area contributed by atoms with Crippen molar-refractivity contribution in [3.63, 3.8) is 0 Å². The van der Waals surface area contributed by atoms with Gasteiger partial charge in [0.2, 0.25) is 0 Å². The second kappa shape index (κ2) is 7.97. The third-order valence-corrected chi connectivity index (χ3v) is 7.61. The first kappa shape index (κ1) is 22.4. The van der Waals surface area contributed by atoms with Gasteiger partial charge >= 0.3 is 0 Å². The maximum absolute atomic E-state index is 13.7. The molecule has 3 aromatic rings. The van der Waals surface area contributed by atoms with Crippen molar-refractivity contribution in [2.75, 3.05) is 18.5 Å². The zero-order valence-corrected chi connectivity index (χ0v) is 19.3. The van der Waals surface area contributed by atoms with Gasteiger partial charge in [-0.15, -0.1) is 0 Å². The van der Waals surface area contributed by atoms with Crippen molar-refractivity contribution in [2.24, 2.45) is 5.73 Å². The van der Waals surface area contributed by atoms with Crippen LogP contribution in [0.15, 0.2) is 65.6 Å². The Morgan fingerprint density at radius 2 is 1.66 bits per heavy atom. The number of halogens is 2. The van der Waals surface area contributed by atoms with Gasteiger partial charge in [-0.05, 0) is 36.4 Å². The lowest BCUT2D eigenvalue weighted by molar-refractivity contribution is -0.120. The molecule has 1 heterocycles. The standard InChI is InChI=1S/C22H18Cl2N2O5S/c1-30-14-8-10-20(19(12-14)31-2)32(28,29)26-18-9-7-13(23)11-16(18)22(25,21(26)27)15-5-3-4-6-17(15)24/h3-12H,25H2,1-2H3. The molecule has 0 saturated carbocycles. The summed E-state index contributed by atoms with van der Waals surface area (Å²) in [6.07, 6.45) is 0. The van der Waals surface area contributed by atoms with E-state index in [-0.39, 0.29) is 32.5 Å². The quantitative estimate of drug-likeness (QED) is 0.578. The van der Waals surface area contributed by atoms with E-state index in [0.29, 0.717) is 15.1 Å². The summed E-state index contributed by atoms with van der Waals surface area (Å²) in [6, 6.07) is 15.1. The maximum Gasteiger partial charge on any atom is 0.274 e. The third kappa shape index (κ3) is 3.22. The van der Waals surface area contributed by atoms with E-state index in [1.807, 2.05) is 0 Å². The van der Waals surface area contributed by atoms with Crippen LogP contribution in [0.4, 0.5) is 5.69 Å². The molecule has 0 radical (unpaired) electrons. The highest BCUT2D eigenvalue weighted by Gasteiger charge is 2.55. The predicted molar refractivity (Wildman–Crippen MR) is 122 cm³/mol. The highest BCUT2D eigenvalue weighted by molar-refractivity contribution is 7.93.